The van der Waals surface area contributed by atoms with Gasteiger partial charge in [-0.15, -0.1) is 0 Å². The summed E-state index contributed by atoms with van der Waals surface area (Å²) in [5, 5.41) is 0. The monoisotopic (exact) mass is 408 g/mol. The molecule has 4 aliphatic heterocycles. The van der Waals surface area contributed by atoms with Gasteiger partial charge in [0.05, 0.1) is 5.92 Å². The van der Waals surface area contributed by atoms with E-state index in [0.29, 0.717) is 17.8 Å². The summed E-state index contributed by atoms with van der Waals surface area (Å²) in [6, 6.07) is 0. The van der Waals surface area contributed by atoms with E-state index in [1.54, 1.807) is 0 Å². The normalized spacial score (nSPS) is 54.3. The summed E-state index contributed by atoms with van der Waals surface area (Å²) in [4.78, 5) is 24.9. The molecule has 2 aliphatic carbocycles. The van der Waals surface area contributed by atoms with Gasteiger partial charge in [0, 0.05) is 18.3 Å². The molecule has 0 radical (unpaired) electrons. The van der Waals surface area contributed by atoms with Crippen molar-refractivity contribution in [1.29, 1.82) is 0 Å². The molecule has 0 aromatic carbocycles. The molecule has 29 heavy (non-hydrogen) atoms. The molecule has 0 aromatic heterocycles. The summed E-state index contributed by atoms with van der Waals surface area (Å²) in [6.45, 7) is 8.58. The number of esters is 1. The molecule has 0 N–H and O–H groups in total. The van der Waals surface area contributed by atoms with Gasteiger partial charge in [-0.2, -0.15) is 0 Å². The van der Waals surface area contributed by atoms with E-state index in [1.807, 2.05) is 6.92 Å². The smallest absolute Gasteiger partial charge is 0.311 e. The van der Waals surface area contributed by atoms with E-state index >= 15 is 0 Å². The van der Waals surface area contributed by atoms with Crippen LogP contribution in [0, 0.1) is 35.5 Å². The molecule has 6 aliphatic rings. The predicted molar refractivity (Wildman–Crippen MR) is 104 cm³/mol. The van der Waals surface area contributed by atoms with Gasteiger partial charge in [-0.05, 0) is 56.8 Å². The average Bonchev–Trinajstić information content (AvgIpc) is 2.92. The molecule has 10 atom stereocenters. The Morgan fingerprint density at radius 1 is 1.00 bits per heavy atom. The van der Waals surface area contributed by atoms with Crippen molar-refractivity contribution in [2.75, 3.05) is 0 Å². The Morgan fingerprint density at radius 2 is 1.83 bits per heavy atom. The van der Waals surface area contributed by atoms with Crippen molar-refractivity contribution in [2.24, 2.45) is 35.5 Å². The molecule has 4 heterocycles. The number of carbonyl (C=O) groups is 1. The maximum atomic E-state index is 12.9. The fourth-order valence-electron chi connectivity index (χ4n) is 6.87. The zero-order valence-corrected chi connectivity index (χ0v) is 18.2. The molecule has 2 bridgehead atoms. The lowest BCUT2D eigenvalue weighted by Gasteiger charge is -2.60. The molecule has 6 nitrogen and oxygen atoms in total. The topological polar surface area (TPSA) is 63.2 Å². The summed E-state index contributed by atoms with van der Waals surface area (Å²) in [5.74, 6) is 0.760. The third-order valence-electron chi connectivity index (χ3n) is 8.60. The van der Waals surface area contributed by atoms with E-state index in [9.17, 15) is 4.79 Å². The van der Waals surface area contributed by atoms with Crippen molar-refractivity contribution in [1.82, 2.24) is 0 Å². The molecule has 4 saturated heterocycles. The van der Waals surface area contributed by atoms with Gasteiger partial charge in [0.15, 0.2) is 11.9 Å². The number of carbonyl (C=O) groups excluding carboxylic acids is 1. The Labute approximate surface area is 173 Å². The summed E-state index contributed by atoms with van der Waals surface area (Å²) < 4.78 is 18.7. The Morgan fingerprint density at radius 3 is 2.62 bits per heavy atom. The van der Waals surface area contributed by atoms with Gasteiger partial charge in [-0.1, -0.05) is 33.6 Å². The zero-order chi connectivity index (χ0) is 20.4. The summed E-state index contributed by atoms with van der Waals surface area (Å²) in [7, 11) is 0. The van der Waals surface area contributed by atoms with Crippen molar-refractivity contribution >= 4 is 5.97 Å². The first-order valence-corrected chi connectivity index (χ1v) is 11.7. The van der Waals surface area contributed by atoms with Crippen molar-refractivity contribution in [3.63, 3.8) is 0 Å². The van der Waals surface area contributed by atoms with Crippen LogP contribution in [0.4, 0.5) is 0 Å². The Bertz CT molecular complexity index is 653. The first kappa shape index (κ1) is 20.2. The van der Waals surface area contributed by atoms with Crippen LogP contribution in [0.1, 0.15) is 79.1 Å². The van der Waals surface area contributed by atoms with Gasteiger partial charge >= 0.3 is 5.97 Å². The first-order chi connectivity index (χ1) is 13.8. The highest BCUT2D eigenvalue weighted by molar-refractivity contribution is 5.72. The lowest BCUT2D eigenvalue weighted by molar-refractivity contribution is -0.576. The van der Waals surface area contributed by atoms with E-state index in [1.165, 1.54) is 6.42 Å². The van der Waals surface area contributed by atoms with Crippen LogP contribution >= 0.6 is 0 Å². The van der Waals surface area contributed by atoms with Crippen molar-refractivity contribution in [2.45, 2.75) is 103 Å². The van der Waals surface area contributed by atoms with Crippen LogP contribution in [0.3, 0.4) is 0 Å². The standard InChI is InChI=1S/C23H36O6/c1-13-6-5-7-16(12-13)19(24)25-20-15(3)18-9-8-14(2)17-10-11-22(4)27-21(26-20)23(17,18)29-28-22/h13-18,20-21H,5-12H2,1-4H3/t13?,14-,15-,16?,17+,18+,20-,21-,22+,23?/m1/s1. The fourth-order valence-corrected chi connectivity index (χ4v) is 6.87. The minimum atomic E-state index is -0.800. The molecule has 0 aromatic rings. The highest BCUT2D eigenvalue weighted by atomic mass is 17.3. The second-order valence-electron chi connectivity index (χ2n) is 10.7. The minimum absolute atomic E-state index is 0.00633. The van der Waals surface area contributed by atoms with Crippen LogP contribution in [0.15, 0.2) is 0 Å². The minimum Gasteiger partial charge on any atom is -0.435 e. The maximum absolute atomic E-state index is 12.9. The van der Waals surface area contributed by atoms with Crippen molar-refractivity contribution < 1.29 is 28.8 Å². The van der Waals surface area contributed by atoms with Crippen LogP contribution < -0.4 is 0 Å². The number of rotatable bonds is 2. The van der Waals surface area contributed by atoms with Crippen LogP contribution in [0.2, 0.25) is 0 Å². The number of ether oxygens (including phenoxy) is 3. The summed E-state index contributed by atoms with van der Waals surface area (Å²) in [5.41, 5.74) is -0.602. The van der Waals surface area contributed by atoms with Crippen molar-refractivity contribution in [3.8, 4) is 0 Å². The first-order valence-electron chi connectivity index (χ1n) is 11.7. The molecule has 6 heteroatoms. The number of hydrogen-bond acceptors (Lipinski definition) is 6. The second-order valence-corrected chi connectivity index (χ2v) is 10.7. The van der Waals surface area contributed by atoms with Crippen LogP contribution in [0.25, 0.3) is 0 Å². The van der Waals surface area contributed by atoms with E-state index in [0.717, 1.165) is 44.9 Å². The molecule has 1 spiro atoms. The molecule has 2 saturated carbocycles. The molecular weight excluding hydrogens is 372 g/mol. The molecule has 6 fully saturated rings. The van der Waals surface area contributed by atoms with E-state index in [4.69, 9.17) is 24.0 Å². The number of hydrogen-bond donors (Lipinski definition) is 0. The Kier molecular flexibility index (Phi) is 5.01. The third kappa shape index (κ3) is 3.17. The highest BCUT2D eigenvalue weighted by Crippen LogP contribution is 2.60. The highest BCUT2D eigenvalue weighted by Gasteiger charge is 2.69. The van der Waals surface area contributed by atoms with E-state index < -0.39 is 24.0 Å². The van der Waals surface area contributed by atoms with Gasteiger partial charge in [-0.3, -0.25) is 4.79 Å². The van der Waals surface area contributed by atoms with Gasteiger partial charge in [0.25, 0.3) is 0 Å². The van der Waals surface area contributed by atoms with Gasteiger partial charge < -0.3 is 14.2 Å². The summed E-state index contributed by atoms with van der Waals surface area (Å²) in [6.07, 6.45) is 6.96. The molecule has 3 unspecified atom stereocenters. The Balaban J connectivity index is 1.39. The lowest BCUT2D eigenvalue weighted by atomic mass is 9.58. The third-order valence-corrected chi connectivity index (χ3v) is 8.60. The average molecular weight is 409 g/mol. The zero-order valence-electron chi connectivity index (χ0n) is 18.2. The van der Waals surface area contributed by atoms with Gasteiger partial charge in [-0.25, -0.2) is 9.78 Å². The maximum Gasteiger partial charge on any atom is 0.311 e. The quantitative estimate of drug-likeness (QED) is 0.493. The van der Waals surface area contributed by atoms with Gasteiger partial charge in [0.1, 0.15) is 0 Å². The van der Waals surface area contributed by atoms with E-state index in [2.05, 4.69) is 20.8 Å². The largest absolute Gasteiger partial charge is 0.435 e. The van der Waals surface area contributed by atoms with Crippen LogP contribution in [-0.2, 0) is 28.8 Å². The van der Waals surface area contributed by atoms with Crippen molar-refractivity contribution in [3.05, 3.63) is 0 Å². The predicted octanol–water partition coefficient (Wildman–Crippen LogP) is 4.56. The fraction of sp³-hybridized carbons (Fsp3) is 0.957. The molecular formula is C23H36O6. The Hall–Kier alpha value is -0.690. The van der Waals surface area contributed by atoms with Crippen LogP contribution in [0.5, 0.6) is 0 Å². The second kappa shape index (κ2) is 7.18. The van der Waals surface area contributed by atoms with E-state index in [-0.39, 0.29) is 23.7 Å². The molecule has 164 valence electrons. The van der Waals surface area contributed by atoms with Crippen LogP contribution in [-0.4, -0.2) is 29.9 Å². The van der Waals surface area contributed by atoms with Gasteiger partial charge in [0.2, 0.25) is 12.1 Å². The SMILES string of the molecule is CC1CCCC(C(=O)O[C@@H]2O[C@@H]3O[C@]4(C)CC[C@H]5[C@H](C)CC[C@@H]([C@H]2C)C35OO4)C1. The molecule has 6 rings (SSSR count). The lowest BCUT2D eigenvalue weighted by Crippen LogP contribution is -2.70. The summed E-state index contributed by atoms with van der Waals surface area (Å²) >= 11 is 0. The molecule has 0 amide bonds. The number of fused-ring (bicyclic) bond motifs is 2.